The zero-order valence-electron chi connectivity index (χ0n) is 13.5. The first kappa shape index (κ1) is 16.8. The molecule has 2 saturated heterocycles. The van der Waals surface area contributed by atoms with Gasteiger partial charge in [0.2, 0.25) is 5.82 Å². The van der Waals surface area contributed by atoms with E-state index in [0.29, 0.717) is 25.9 Å². The zero-order valence-corrected chi connectivity index (χ0v) is 13.5. The van der Waals surface area contributed by atoms with Crippen molar-refractivity contribution in [3.8, 4) is 5.75 Å². The molecule has 0 unspecified atom stereocenters. The van der Waals surface area contributed by atoms with Gasteiger partial charge in [0.25, 0.3) is 0 Å². The molecule has 2 aliphatic heterocycles. The summed E-state index contributed by atoms with van der Waals surface area (Å²) in [5.41, 5.74) is -0.522. The molecule has 10 heteroatoms. The van der Waals surface area contributed by atoms with Crippen molar-refractivity contribution in [1.29, 1.82) is 0 Å². The molecule has 0 aromatic heterocycles. The van der Waals surface area contributed by atoms with Crippen molar-refractivity contribution in [2.45, 2.75) is 30.6 Å². The Bertz CT molecular complexity index is 762. The van der Waals surface area contributed by atoms with Gasteiger partial charge in [0.1, 0.15) is 24.4 Å². The Kier molecular flexibility index (Phi) is 3.85. The van der Waals surface area contributed by atoms with Crippen LogP contribution in [0.3, 0.4) is 0 Å². The Morgan fingerprint density at radius 1 is 1.19 bits per heavy atom. The first-order valence-corrected chi connectivity index (χ1v) is 8.06. The maximum absolute atomic E-state index is 13.6. The second-order valence-electron chi connectivity index (χ2n) is 6.73. The fourth-order valence-electron chi connectivity index (χ4n) is 3.18. The fourth-order valence-corrected chi connectivity index (χ4v) is 3.18. The third-order valence-corrected chi connectivity index (χ3v) is 4.70. The predicted molar refractivity (Wildman–Crippen MR) is 79.0 cm³/mol. The maximum atomic E-state index is 13.6. The average Bonchev–Trinajstić information content (AvgIpc) is 2.93. The number of ether oxygens (including phenoxy) is 3. The van der Waals surface area contributed by atoms with Gasteiger partial charge in [-0.15, -0.1) is 0 Å². The SMILES string of the molecule is O=C1NC2(CO1)CN(C(=O)O[C@H]1C[C@H](Oc3ccc(F)c(F)c3F)C1)C2. The minimum Gasteiger partial charge on any atom is -0.487 e. The third kappa shape index (κ3) is 2.89. The number of nitrogens with zero attached hydrogens (tertiary/aromatic N) is 1. The van der Waals surface area contributed by atoms with E-state index in [4.69, 9.17) is 14.2 Å². The highest BCUT2D eigenvalue weighted by atomic mass is 19.2. The molecule has 3 fully saturated rings. The summed E-state index contributed by atoms with van der Waals surface area (Å²) in [5.74, 6) is -4.62. The van der Waals surface area contributed by atoms with Crippen LogP contribution < -0.4 is 10.1 Å². The van der Waals surface area contributed by atoms with Crippen LogP contribution in [0, 0.1) is 17.5 Å². The molecule has 0 bridgehead atoms. The van der Waals surface area contributed by atoms with Crippen molar-refractivity contribution in [3.63, 3.8) is 0 Å². The van der Waals surface area contributed by atoms with Gasteiger partial charge in [0.05, 0.1) is 13.1 Å². The van der Waals surface area contributed by atoms with E-state index in [2.05, 4.69) is 5.32 Å². The highest BCUT2D eigenvalue weighted by molar-refractivity contribution is 5.74. The van der Waals surface area contributed by atoms with E-state index < -0.39 is 47.4 Å². The van der Waals surface area contributed by atoms with Gasteiger partial charge >= 0.3 is 12.2 Å². The van der Waals surface area contributed by atoms with Crippen molar-refractivity contribution < 1.29 is 37.0 Å². The Morgan fingerprint density at radius 3 is 2.58 bits per heavy atom. The fraction of sp³-hybridized carbons (Fsp3) is 0.500. The van der Waals surface area contributed by atoms with E-state index >= 15 is 0 Å². The standard InChI is InChI=1S/C16H15F3N2O5/c17-10-1-2-11(13(19)12(10)18)25-8-3-9(4-8)26-15(23)21-5-16(6-21)7-24-14(22)20-16/h1-2,8-9H,3-7H2,(H,20,22)/t8-,9-. The summed E-state index contributed by atoms with van der Waals surface area (Å²) in [6.07, 6.45) is -1.21. The number of amides is 2. The quantitative estimate of drug-likeness (QED) is 0.821. The summed E-state index contributed by atoms with van der Waals surface area (Å²) in [6, 6.07) is 1.81. The van der Waals surface area contributed by atoms with Crippen LogP contribution in [0.5, 0.6) is 5.75 Å². The molecule has 2 amide bonds. The number of benzene rings is 1. The van der Waals surface area contributed by atoms with Gasteiger partial charge in [-0.25, -0.2) is 18.4 Å². The van der Waals surface area contributed by atoms with Crippen LogP contribution in [0.25, 0.3) is 0 Å². The molecule has 1 spiro atoms. The Labute approximate surface area is 146 Å². The number of halogens is 3. The van der Waals surface area contributed by atoms with Crippen LogP contribution in [-0.4, -0.2) is 54.5 Å². The van der Waals surface area contributed by atoms with Crippen LogP contribution in [0.4, 0.5) is 22.8 Å². The lowest BCUT2D eigenvalue weighted by Gasteiger charge is -2.46. The first-order valence-electron chi connectivity index (χ1n) is 8.06. The van der Waals surface area contributed by atoms with Crippen molar-refractivity contribution in [3.05, 3.63) is 29.6 Å². The second kappa shape index (κ2) is 5.96. The topological polar surface area (TPSA) is 77.1 Å². The number of carbonyl (C=O) groups is 2. The lowest BCUT2D eigenvalue weighted by atomic mass is 9.91. The van der Waals surface area contributed by atoms with Gasteiger partial charge in [-0.05, 0) is 12.1 Å². The van der Waals surface area contributed by atoms with E-state index in [1.807, 2.05) is 0 Å². The number of rotatable bonds is 3. The van der Waals surface area contributed by atoms with Gasteiger partial charge in [-0.2, -0.15) is 4.39 Å². The lowest BCUT2D eigenvalue weighted by molar-refractivity contribution is -0.0509. The van der Waals surface area contributed by atoms with Gasteiger partial charge in [0.15, 0.2) is 17.4 Å². The molecule has 1 aliphatic carbocycles. The number of alkyl carbamates (subject to hydrolysis) is 1. The lowest BCUT2D eigenvalue weighted by Crippen LogP contribution is -2.70. The molecule has 4 rings (SSSR count). The summed E-state index contributed by atoms with van der Waals surface area (Å²) in [4.78, 5) is 24.5. The summed E-state index contributed by atoms with van der Waals surface area (Å²) in [5, 5.41) is 2.66. The van der Waals surface area contributed by atoms with E-state index in [0.717, 1.165) is 12.1 Å². The van der Waals surface area contributed by atoms with Gasteiger partial charge in [-0.3, -0.25) is 0 Å². The largest absolute Gasteiger partial charge is 0.487 e. The van der Waals surface area contributed by atoms with Crippen LogP contribution >= 0.6 is 0 Å². The van der Waals surface area contributed by atoms with Crippen molar-refractivity contribution in [2.24, 2.45) is 0 Å². The summed E-state index contributed by atoms with van der Waals surface area (Å²) < 4.78 is 55.0. The molecular formula is C16H15F3N2O5. The van der Waals surface area contributed by atoms with Gasteiger partial charge in [-0.1, -0.05) is 0 Å². The molecule has 140 valence electrons. The van der Waals surface area contributed by atoms with Crippen molar-refractivity contribution in [1.82, 2.24) is 10.2 Å². The minimum atomic E-state index is -1.58. The molecule has 0 atom stereocenters. The highest BCUT2D eigenvalue weighted by Crippen LogP contribution is 2.32. The van der Waals surface area contributed by atoms with E-state index in [-0.39, 0.29) is 12.4 Å². The van der Waals surface area contributed by atoms with E-state index in [1.165, 1.54) is 4.90 Å². The average molecular weight is 372 g/mol. The minimum absolute atomic E-state index is 0.217. The molecule has 1 saturated carbocycles. The van der Waals surface area contributed by atoms with E-state index in [1.54, 1.807) is 0 Å². The zero-order chi connectivity index (χ0) is 18.5. The number of hydrogen-bond donors (Lipinski definition) is 1. The van der Waals surface area contributed by atoms with Crippen LogP contribution in [0.15, 0.2) is 12.1 Å². The highest BCUT2D eigenvalue weighted by Gasteiger charge is 2.52. The summed E-state index contributed by atoms with van der Waals surface area (Å²) in [6.45, 7) is 0.837. The first-order chi connectivity index (χ1) is 12.3. The van der Waals surface area contributed by atoms with Crippen LogP contribution in [0.1, 0.15) is 12.8 Å². The molecule has 3 aliphatic rings. The molecule has 2 heterocycles. The van der Waals surface area contributed by atoms with E-state index in [9.17, 15) is 22.8 Å². The predicted octanol–water partition coefficient (Wildman–Crippen LogP) is 1.94. The molecule has 26 heavy (non-hydrogen) atoms. The summed E-state index contributed by atoms with van der Waals surface area (Å²) in [7, 11) is 0. The number of carbonyl (C=O) groups excluding carboxylic acids is 2. The molecule has 1 N–H and O–H groups in total. The Balaban J connectivity index is 1.22. The molecule has 1 aromatic rings. The number of likely N-dealkylation sites (tertiary alicyclic amines) is 1. The van der Waals surface area contributed by atoms with Crippen LogP contribution in [0.2, 0.25) is 0 Å². The Morgan fingerprint density at radius 2 is 1.92 bits per heavy atom. The number of hydrogen-bond acceptors (Lipinski definition) is 5. The maximum Gasteiger partial charge on any atom is 0.410 e. The van der Waals surface area contributed by atoms with Crippen molar-refractivity contribution in [2.75, 3.05) is 19.7 Å². The van der Waals surface area contributed by atoms with Gasteiger partial charge in [0, 0.05) is 12.8 Å². The normalized spacial score (nSPS) is 25.8. The monoisotopic (exact) mass is 372 g/mol. The second-order valence-corrected chi connectivity index (χ2v) is 6.73. The third-order valence-electron chi connectivity index (χ3n) is 4.70. The summed E-state index contributed by atoms with van der Waals surface area (Å²) >= 11 is 0. The molecule has 7 nitrogen and oxygen atoms in total. The van der Waals surface area contributed by atoms with Gasteiger partial charge < -0.3 is 24.4 Å². The Hall–Kier alpha value is -2.65. The van der Waals surface area contributed by atoms with Crippen molar-refractivity contribution >= 4 is 12.2 Å². The number of cyclic esters (lactones) is 1. The smallest absolute Gasteiger partial charge is 0.410 e. The van der Waals surface area contributed by atoms with Crippen LogP contribution in [-0.2, 0) is 9.47 Å². The molecule has 1 aromatic carbocycles. The number of nitrogens with one attached hydrogen (secondary N) is 1. The molecular weight excluding hydrogens is 357 g/mol. The molecule has 0 radical (unpaired) electrons.